The fraction of sp³-hybridized carbons (Fsp3) is 0.545. The molecule has 2 aliphatic rings. The molecule has 0 aromatic heterocycles. The van der Waals surface area contributed by atoms with Gasteiger partial charge in [-0.2, -0.15) is 0 Å². The first-order valence-electron chi connectivity index (χ1n) is 10.3. The molecule has 0 radical (unpaired) electrons. The van der Waals surface area contributed by atoms with Crippen LogP contribution in [0.4, 0.5) is 10.5 Å². The van der Waals surface area contributed by atoms with Gasteiger partial charge in [0.1, 0.15) is 6.10 Å². The van der Waals surface area contributed by atoms with Crippen LogP contribution in [0.2, 0.25) is 0 Å². The molecule has 6 nitrogen and oxygen atoms in total. The molecule has 0 saturated heterocycles. The van der Waals surface area contributed by atoms with Crippen molar-refractivity contribution in [3.8, 4) is 0 Å². The Balaban J connectivity index is 1.85. The maximum atomic E-state index is 13.0. The number of carbonyl (C=O) groups is 2. The number of anilines is 1. The van der Waals surface area contributed by atoms with Gasteiger partial charge in [0.25, 0.3) is 0 Å². The van der Waals surface area contributed by atoms with E-state index in [4.69, 9.17) is 4.74 Å². The van der Waals surface area contributed by atoms with Gasteiger partial charge < -0.3 is 20.3 Å². The highest BCUT2D eigenvalue weighted by Crippen LogP contribution is 2.32. The fourth-order valence-electron chi connectivity index (χ4n) is 4.17. The average Bonchev–Trinajstić information content (AvgIpc) is 3.07. The highest BCUT2D eigenvalue weighted by atomic mass is 16.5. The monoisotopic (exact) mass is 385 g/mol. The normalized spacial score (nSPS) is 24.6. The van der Waals surface area contributed by atoms with Crippen LogP contribution >= 0.6 is 0 Å². The third-order valence-corrected chi connectivity index (χ3v) is 5.89. The van der Waals surface area contributed by atoms with Crippen molar-refractivity contribution < 1.29 is 14.3 Å². The largest absolute Gasteiger partial charge is 0.459 e. The Bertz CT molecular complexity index is 753. The molecule has 2 amide bonds. The smallest absolute Gasteiger partial charge is 0.338 e. The number of nitrogens with one attached hydrogen (secondary N) is 2. The van der Waals surface area contributed by atoms with Crippen LogP contribution in [0, 0.1) is 5.92 Å². The van der Waals surface area contributed by atoms with Gasteiger partial charge in [0.05, 0.1) is 11.6 Å². The number of benzene rings is 1. The summed E-state index contributed by atoms with van der Waals surface area (Å²) in [5.74, 6) is 0.0318. The molecule has 1 aliphatic carbocycles. The molecule has 1 aliphatic heterocycles. The lowest BCUT2D eigenvalue weighted by Gasteiger charge is -2.30. The van der Waals surface area contributed by atoms with Crippen LogP contribution in [-0.4, -0.2) is 31.2 Å². The maximum Gasteiger partial charge on any atom is 0.338 e. The lowest BCUT2D eigenvalue weighted by molar-refractivity contribution is -0.146. The number of esters is 1. The third kappa shape index (κ3) is 4.16. The Morgan fingerprint density at radius 1 is 1.18 bits per heavy atom. The number of amides is 2. The molecule has 0 spiro atoms. The molecule has 3 rings (SSSR count). The summed E-state index contributed by atoms with van der Waals surface area (Å²) in [5, 5.41) is 5.60. The van der Waals surface area contributed by atoms with Crippen LogP contribution in [0.1, 0.15) is 58.6 Å². The zero-order chi connectivity index (χ0) is 20.3. The first-order chi connectivity index (χ1) is 13.4. The molecule has 1 fully saturated rings. The van der Waals surface area contributed by atoms with Crippen LogP contribution in [0.15, 0.2) is 35.5 Å². The van der Waals surface area contributed by atoms with Crippen molar-refractivity contribution in [1.82, 2.24) is 10.6 Å². The number of carbonyl (C=O) groups excluding carboxylic acids is 2. The number of urea groups is 1. The molecule has 3 atom stereocenters. The highest BCUT2D eigenvalue weighted by molar-refractivity contribution is 5.95. The minimum Gasteiger partial charge on any atom is -0.459 e. The maximum absolute atomic E-state index is 13.0. The number of allylic oxidation sites excluding steroid dienone is 1. The van der Waals surface area contributed by atoms with Gasteiger partial charge in [-0.15, -0.1) is 0 Å². The van der Waals surface area contributed by atoms with Gasteiger partial charge in [0.2, 0.25) is 0 Å². The highest BCUT2D eigenvalue weighted by Gasteiger charge is 2.35. The second-order valence-electron chi connectivity index (χ2n) is 7.69. The summed E-state index contributed by atoms with van der Waals surface area (Å²) in [7, 11) is 0. The molecule has 152 valence electrons. The Kier molecular flexibility index (Phi) is 6.27. The predicted octanol–water partition coefficient (Wildman–Crippen LogP) is 3.89. The second-order valence-corrected chi connectivity index (χ2v) is 7.69. The van der Waals surface area contributed by atoms with Crippen LogP contribution in [0.25, 0.3) is 0 Å². The molecule has 1 saturated carbocycles. The number of ether oxygens (including phenoxy) is 1. The third-order valence-electron chi connectivity index (χ3n) is 5.89. The molecule has 2 N–H and O–H groups in total. The summed E-state index contributed by atoms with van der Waals surface area (Å²) >= 11 is 0. The van der Waals surface area contributed by atoms with Crippen LogP contribution in [0.5, 0.6) is 0 Å². The molecule has 1 aromatic rings. The predicted molar refractivity (Wildman–Crippen MR) is 110 cm³/mol. The van der Waals surface area contributed by atoms with E-state index in [1.807, 2.05) is 24.3 Å². The molecule has 1 aromatic carbocycles. The summed E-state index contributed by atoms with van der Waals surface area (Å²) < 4.78 is 5.82. The van der Waals surface area contributed by atoms with Gasteiger partial charge in [-0.05, 0) is 63.6 Å². The van der Waals surface area contributed by atoms with E-state index in [0.29, 0.717) is 17.2 Å². The topological polar surface area (TPSA) is 70.7 Å². The van der Waals surface area contributed by atoms with Gasteiger partial charge in [-0.3, -0.25) is 0 Å². The van der Waals surface area contributed by atoms with Crippen LogP contribution < -0.4 is 15.5 Å². The quantitative estimate of drug-likeness (QED) is 0.729. The van der Waals surface area contributed by atoms with Crippen molar-refractivity contribution in [2.45, 2.75) is 59.1 Å². The van der Waals surface area contributed by atoms with Gasteiger partial charge in [-0.1, -0.05) is 19.1 Å². The first kappa shape index (κ1) is 20.2. The Labute approximate surface area is 167 Å². The number of rotatable bonds is 6. The van der Waals surface area contributed by atoms with Crippen molar-refractivity contribution in [3.63, 3.8) is 0 Å². The molecular formula is C22H31N3O3. The molecular weight excluding hydrogens is 354 g/mol. The van der Waals surface area contributed by atoms with E-state index in [1.54, 1.807) is 6.92 Å². The second kappa shape index (κ2) is 8.67. The van der Waals surface area contributed by atoms with E-state index in [1.165, 1.54) is 0 Å². The molecule has 0 bridgehead atoms. The van der Waals surface area contributed by atoms with E-state index in [2.05, 4.69) is 36.3 Å². The number of nitrogens with zero attached hydrogens (tertiary/aromatic N) is 1. The van der Waals surface area contributed by atoms with Crippen LogP contribution in [-0.2, 0) is 9.53 Å². The molecule has 6 heteroatoms. The molecule has 28 heavy (non-hydrogen) atoms. The fourth-order valence-corrected chi connectivity index (χ4v) is 4.17. The minimum atomic E-state index is -0.510. The van der Waals surface area contributed by atoms with E-state index in [0.717, 1.165) is 43.6 Å². The number of hydrogen-bond donors (Lipinski definition) is 2. The van der Waals surface area contributed by atoms with Gasteiger partial charge in [0, 0.05) is 24.5 Å². The summed E-state index contributed by atoms with van der Waals surface area (Å²) in [6.45, 7) is 9.97. The van der Waals surface area contributed by atoms with E-state index < -0.39 is 6.04 Å². The van der Waals surface area contributed by atoms with E-state index in [9.17, 15) is 9.59 Å². The summed E-state index contributed by atoms with van der Waals surface area (Å²) in [6.07, 6.45) is 3.03. The van der Waals surface area contributed by atoms with Crippen LogP contribution in [0.3, 0.4) is 0 Å². The first-order valence-corrected chi connectivity index (χ1v) is 10.3. The van der Waals surface area contributed by atoms with Crippen molar-refractivity contribution in [2.24, 2.45) is 5.92 Å². The zero-order valence-electron chi connectivity index (χ0n) is 17.2. The van der Waals surface area contributed by atoms with Crippen molar-refractivity contribution in [1.29, 1.82) is 0 Å². The zero-order valence-corrected chi connectivity index (χ0v) is 17.2. The minimum absolute atomic E-state index is 0.0453. The Morgan fingerprint density at radius 3 is 2.43 bits per heavy atom. The van der Waals surface area contributed by atoms with Gasteiger partial charge in [-0.25, -0.2) is 9.59 Å². The van der Waals surface area contributed by atoms with Crippen molar-refractivity contribution in [2.75, 3.05) is 18.0 Å². The van der Waals surface area contributed by atoms with E-state index >= 15 is 0 Å². The molecule has 1 heterocycles. The lowest BCUT2D eigenvalue weighted by Crippen LogP contribution is -2.45. The molecule has 0 unspecified atom stereocenters. The SMILES string of the molecule is CCN(CC)c1ccc([C@@H]2NC(=O)NC(C)=C2C(=O)O[C@H]2CCC[C@H]2C)cc1. The van der Waals surface area contributed by atoms with Gasteiger partial charge >= 0.3 is 12.0 Å². The van der Waals surface area contributed by atoms with Crippen molar-refractivity contribution in [3.05, 3.63) is 41.1 Å². The summed E-state index contributed by atoms with van der Waals surface area (Å²) in [4.78, 5) is 27.3. The Morgan fingerprint density at radius 2 is 1.86 bits per heavy atom. The Hall–Kier alpha value is -2.50. The van der Waals surface area contributed by atoms with E-state index in [-0.39, 0.29) is 18.1 Å². The standard InChI is InChI=1S/C22H31N3O3/c1-5-25(6-2)17-12-10-16(11-13-17)20-19(15(4)23-22(27)24-20)21(26)28-18-9-7-8-14(18)3/h10-14,18,20H,5-9H2,1-4H3,(H2,23,24,27)/t14-,18+,20+/m1/s1. The summed E-state index contributed by atoms with van der Waals surface area (Å²) in [5.41, 5.74) is 3.03. The lowest BCUT2D eigenvalue weighted by atomic mass is 9.95. The average molecular weight is 386 g/mol. The van der Waals surface area contributed by atoms with Gasteiger partial charge in [0.15, 0.2) is 0 Å². The number of hydrogen-bond acceptors (Lipinski definition) is 4. The van der Waals surface area contributed by atoms with Crippen molar-refractivity contribution >= 4 is 17.7 Å². The summed E-state index contributed by atoms with van der Waals surface area (Å²) in [6, 6.07) is 7.21.